The maximum Gasteiger partial charge on any atom is 0.262 e. The third-order valence-electron chi connectivity index (χ3n) is 4.48. The summed E-state index contributed by atoms with van der Waals surface area (Å²) in [7, 11) is 0. The minimum atomic E-state index is -1.74. The molecule has 0 bridgehead atoms. The Balaban J connectivity index is 1.86. The van der Waals surface area contributed by atoms with Crippen molar-refractivity contribution in [1.82, 2.24) is 10.2 Å². The first-order valence-corrected chi connectivity index (χ1v) is 7.94. The van der Waals surface area contributed by atoms with Gasteiger partial charge < -0.3 is 10.2 Å². The van der Waals surface area contributed by atoms with Gasteiger partial charge in [0.2, 0.25) is 5.67 Å². The molecule has 2 heterocycles. The average Bonchev–Trinajstić information content (AvgIpc) is 2.94. The predicted molar refractivity (Wildman–Crippen MR) is 81.1 cm³/mol. The molecule has 21 heavy (non-hydrogen) atoms. The molecule has 0 aromatic heterocycles. The fourth-order valence-electron chi connectivity index (χ4n) is 3.34. The highest BCUT2D eigenvalue weighted by Crippen LogP contribution is 2.35. The lowest BCUT2D eigenvalue weighted by molar-refractivity contribution is -0.147. The van der Waals surface area contributed by atoms with Crippen LogP contribution in [0.4, 0.5) is 4.39 Å². The lowest BCUT2D eigenvalue weighted by Gasteiger charge is -2.39. The molecule has 1 N–H and O–H groups in total. The van der Waals surface area contributed by atoms with E-state index in [-0.39, 0.29) is 24.9 Å². The first-order valence-electron chi connectivity index (χ1n) is 7.56. The number of amides is 1. The number of benzene rings is 1. The number of alkyl halides is 1. The first-order chi connectivity index (χ1) is 10.1. The number of hydrogen-bond acceptors (Lipinski definition) is 2. The van der Waals surface area contributed by atoms with E-state index in [1.54, 1.807) is 4.90 Å². The zero-order chi connectivity index (χ0) is 14.9. The molecule has 0 spiro atoms. The molecule has 2 fully saturated rings. The molecular weight excluding hydrogens is 291 g/mol. The quantitative estimate of drug-likeness (QED) is 0.910. The molecule has 1 amide bonds. The van der Waals surface area contributed by atoms with Crippen LogP contribution in [0.3, 0.4) is 0 Å². The molecule has 2 aliphatic rings. The molecule has 0 saturated carbocycles. The molecule has 2 aliphatic heterocycles. The van der Waals surface area contributed by atoms with Crippen LogP contribution in [-0.4, -0.2) is 36.1 Å². The molecule has 0 radical (unpaired) electrons. The van der Waals surface area contributed by atoms with Crippen molar-refractivity contribution in [3.05, 3.63) is 34.9 Å². The molecule has 114 valence electrons. The van der Waals surface area contributed by atoms with Gasteiger partial charge in [-0.05, 0) is 43.5 Å². The van der Waals surface area contributed by atoms with Crippen molar-refractivity contribution in [2.45, 2.75) is 37.4 Å². The number of carbonyl (C=O) groups excluding carboxylic acids is 1. The molecule has 0 aliphatic carbocycles. The van der Waals surface area contributed by atoms with Crippen LogP contribution in [0.25, 0.3) is 0 Å². The third kappa shape index (κ3) is 2.92. The van der Waals surface area contributed by atoms with Crippen LogP contribution < -0.4 is 5.32 Å². The SMILES string of the molecule is O=C(N1CCCCC1c1cccc(Cl)c1)C1(F)CCNC1. The summed E-state index contributed by atoms with van der Waals surface area (Å²) in [6.45, 7) is 1.32. The van der Waals surface area contributed by atoms with Crippen molar-refractivity contribution in [2.75, 3.05) is 19.6 Å². The number of rotatable bonds is 2. The van der Waals surface area contributed by atoms with Crippen molar-refractivity contribution >= 4 is 17.5 Å². The smallest absolute Gasteiger partial charge is 0.262 e. The average molecular weight is 311 g/mol. The van der Waals surface area contributed by atoms with E-state index in [2.05, 4.69) is 5.32 Å². The lowest BCUT2D eigenvalue weighted by atomic mass is 9.92. The van der Waals surface area contributed by atoms with E-state index in [1.807, 2.05) is 24.3 Å². The molecule has 3 nitrogen and oxygen atoms in total. The second kappa shape index (κ2) is 5.93. The predicted octanol–water partition coefficient (Wildman–Crippen LogP) is 3.10. The molecule has 2 saturated heterocycles. The summed E-state index contributed by atoms with van der Waals surface area (Å²) in [6, 6.07) is 7.50. The number of hydrogen-bond donors (Lipinski definition) is 1. The van der Waals surface area contributed by atoms with Gasteiger partial charge in [0.05, 0.1) is 6.04 Å². The van der Waals surface area contributed by atoms with Crippen LogP contribution in [0.1, 0.15) is 37.3 Å². The van der Waals surface area contributed by atoms with Crippen molar-refractivity contribution in [2.24, 2.45) is 0 Å². The van der Waals surface area contributed by atoms with E-state index in [1.165, 1.54) is 0 Å². The largest absolute Gasteiger partial charge is 0.333 e. The topological polar surface area (TPSA) is 32.3 Å². The number of nitrogens with zero attached hydrogens (tertiary/aromatic N) is 1. The Labute approximate surface area is 129 Å². The van der Waals surface area contributed by atoms with Crippen molar-refractivity contribution in [3.8, 4) is 0 Å². The highest BCUT2D eigenvalue weighted by atomic mass is 35.5. The van der Waals surface area contributed by atoms with E-state index >= 15 is 0 Å². The fourth-order valence-corrected chi connectivity index (χ4v) is 3.54. The molecule has 1 aromatic rings. The van der Waals surface area contributed by atoms with Crippen LogP contribution in [0.15, 0.2) is 24.3 Å². The van der Waals surface area contributed by atoms with E-state index in [0.717, 1.165) is 24.8 Å². The van der Waals surface area contributed by atoms with Gasteiger partial charge in [0.1, 0.15) is 0 Å². The Morgan fingerprint density at radius 3 is 3.00 bits per heavy atom. The minimum Gasteiger partial charge on any atom is -0.333 e. The van der Waals surface area contributed by atoms with Gasteiger partial charge in [0.25, 0.3) is 5.91 Å². The molecular formula is C16H20ClFN2O. The maximum absolute atomic E-state index is 14.8. The summed E-state index contributed by atoms with van der Waals surface area (Å²) >= 11 is 6.06. The highest BCUT2D eigenvalue weighted by molar-refractivity contribution is 6.30. The fraction of sp³-hybridized carbons (Fsp3) is 0.562. The molecule has 2 unspecified atom stereocenters. The van der Waals surface area contributed by atoms with Crippen LogP contribution in [0.2, 0.25) is 5.02 Å². The Bertz CT molecular complexity index is 531. The summed E-state index contributed by atoms with van der Waals surface area (Å²) in [4.78, 5) is 14.4. The Morgan fingerprint density at radius 2 is 2.29 bits per heavy atom. The van der Waals surface area contributed by atoms with Crippen molar-refractivity contribution in [3.63, 3.8) is 0 Å². The van der Waals surface area contributed by atoms with Gasteiger partial charge in [-0.25, -0.2) is 4.39 Å². The number of carbonyl (C=O) groups is 1. The van der Waals surface area contributed by atoms with Gasteiger partial charge >= 0.3 is 0 Å². The van der Waals surface area contributed by atoms with Crippen LogP contribution in [-0.2, 0) is 4.79 Å². The molecule has 2 atom stereocenters. The number of piperidine rings is 1. The summed E-state index contributed by atoms with van der Waals surface area (Å²) in [6.07, 6.45) is 3.13. The monoisotopic (exact) mass is 310 g/mol. The van der Waals surface area contributed by atoms with Gasteiger partial charge in [0.15, 0.2) is 0 Å². The summed E-state index contributed by atoms with van der Waals surface area (Å²) in [5.74, 6) is -0.364. The van der Waals surface area contributed by atoms with Crippen LogP contribution >= 0.6 is 11.6 Å². The molecule has 5 heteroatoms. The number of nitrogens with one attached hydrogen (secondary N) is 1. The highest BCUT2D eigenvalue weighted by Gasteiger charge is 2.46. The van der Waals surface area contributed by atoms with Crippen molar-refractivity contribution in [1.29, 1.82) is 0 Å². The molecule has 1 aromatic carbocycles. The van der Waals surface area contributed by atoms with Crippen molar-refractivity contribution < 1.29 is 9.18 Å². The van der Waals surface area contributed by atoms with E-state index < -0.39 is 5.67 Å². The Morgan fingerprint density at radius 1 is 1.43 bits per heavy atom. The van der Waals surface area contributed by atoms with E-state index in [9.17, 15) is 9.18 Å². The van der Waals surface area contributed by atoms with E-state index in [4.69, 9.17) is 11.6 Å². The molecule has 3 rings (SSSR count). The zero-order valence-corrected chi connectivity index (χ0v) is 12.7. The van der Waals surface area contributed by atoms with Gasteiger partial charge in [0, 0.05) is 24.5 Å². The number of likely N-dealkylation sites (tertiary alicyclic amines) is 1. The third-order valence-corrected chi connectivity index (χ3v) is 4.72. The summed E-state index contributed by atoms with van der Waals surface area (Å²) in [5.41, 5.74) is -0.737. The van der Waals surface area contributed by atoms with Gasteiger partial charge in [-0.1, -0.05) is 23.7 Å². The van der Waals surface area contributed by atoms with Crippen LogP contribution in [0, 0.1) is 0 Å². The van der Waals surface area contributed by atoms with Crippen LogP contribution in [0.5, 0.6) is 0 Å². The van der Waals surface area contributed by atoms with Gasteiger partial charge in [-0.2, -0.15) is 0 Å². The van der Waals surface area contributed by atoms with Gasteiger partial charge in [-0.3, -0.25) is 4.79 Å². The summed E-state index contributed by atoms with van der Waals surface area (Å²) < 4.78 is 14.8. The zero-order valence-electron chi connectivity index (χ0n) is 11.9. The second-order valence-corrected chi connectivity index (χ2v) is 6.39. The summed E-state index contributed by atoms with van der Waals surface area (Å²) in [5, 5.41) is 3.61. The normalized spacial score (nSPS) is 29.6. The number of halogens is 2. The second-order valence-electron chi connectivity index (χ2n) is 5.96. The van der Waals surface area contributed by atoms with E-state index in [0.29, 0.717) is 18.1 Å². The van der Waals surface area contributed by atoms with Gasteiger partial charge in [-0.15, -0.1) is 0 Å². The maximum atomic E-state index is 14.8. The standard InChI is InChI=1S/C16H20ClFN2O/c17-13-5-3-4-12(10-13)14-6-1-2-9-20(14)15(21)16(18)7-8-19-11-16/h3-5,10,14,19H,1-2,6-9,11H2. The Kier molecular flexibility index (Phi) is 4.18. The first kappa shape index (κ1) is 14.8. The Hall–Kier alpha value is -1.13. The minimum absolute atomic E-state index is 0.0572. The lowest BCUT2D eigenvalue weighted by Crippen LogP contribution is -2.50.